The first-order valence-electron chi connectivity index (χ1n) is 2.66. The van der Waals surface area contributed by atoms with Crippen LogP contribution in [0, 0.1) is 0 Å². The molecule has 0 heterocycles. The highest BCUT2D eigenvalue weighted by Crippen LogP contribution is 2.04. The maximum absolute atomic E-state index is 8.24. The minimum Gasteiger partial charge on any atom is -0.497 e. The van der Waals surface area contributed by atoms with Crippen LogP contribution in [-0.4, -0.2) is 18.3 Å². The third-order valence-electron chi connectivity index (χ3n) is 0.632. The highest BCUT2D eigenvalue weighted by molar-refractivity contribution is 6.55. The average molecular weight is 183 g/mol. The van der Waals surface area contributed by atoms with Gasteiger partial charge in [0.05, 0.1) is 12.9 Å². The van der Waals surface area contributed by atoms with Crippen LogP contribution in [0.2, 0.25) is 0 Å². The first-order chi connectivity index (χ1) is 4.77. The maximum Gasteiger partial charge on any atom is 0.108 e. The summed E-state index contributed by atoms with van der Waals surface area (Å²) in [5.74, 6) is 0. The van der Waals surface area contributed by atoms with E-state index in [1.165, 1.54) is 18.4 Å². The Morgan fingerprint density at radius 3 is 2.70 bits per heavy atom. The molecule has 0 aliphatic rings. The molecule has 0 aromatic rings. The zero-order valence-corrected chi connectivity index (χ0v) is 6.77. The number of aliphatic hydroxyl groups is 1. The van der Waals surface area contributed by atoms with Crippen LogP contribution in [-0.2, 0) is 4.74 Å². The third kappa shape index (κ3) is 7.82. The van der Waals surface area contributed by atoms with Gasteiger partial charge in [0.15, 0.2) is 0 Å². The highest BCUT2D eigenvalue weighted by Gasteiger charge is 1.80. The molecule has 4 heteroatoms. The molecule has 0 spiro atoms. The van der Waals surface area contributed by atoms with E-state index in [0.717, 1.165) is 0 Å². The van der Waals surface area contributed by atoms with E-state index >= 15 is 0 Å². The fourth-order valence-electron chi connectivity index (χ4n) is 0.278. The Labute approximate surface area is 69.7 Å². The van der Waals surface area contributed by atoms with Crippen LogP contribution in [0.15, 0.2) is 22.9 Å². The van der Waals surface area contributed by atoms with Crippen LogP contribution in [0.4, 0.5) is 0 Å². The van der Waals surface area contributed by atoms with Gasteiger partial charge in [-0.15, -0.1) is 0 Å². The molecule has 2 nitrogen and oxygen atoms in total. The van der Waals surface area contributed by atoms with Crippen molar-refractivity contribution in [3.05, 3.63) is 22.9 Å². The van der Waals surface area contributed by atoms with Crippen molar-refractivity contribution in [1.82, 2.24) is 0 Å². The molecule has 1 N–H and O–H groups in total. The molecule has 0 unspecified atom stereocenters. The molecule has 0 aliphatic carbocycles. The maximum atomic E-state index is 8.24. The van der Waals surface area contributed by atoms with E-state index in [1.807, 2.05) is 0 Å². The fraction of sp³-hybridized carbons (Fsp3) is 0.333. The molecular formula is C6H8Cl2O2. The highest BCUT2D eigenvalue weighted by atomic mass is 35.5. The predicted molar refractivity (Wildman–Crippen MR) is 42.0 cm³/mol. The van der Waals surface area contributed by atoms with Crippen molar-refractivity contribution in [3.63, 3.8) is 0 Å². The summed E-state index contributed by atoms with van der Waals surface area (Å²) in [6, 6.07) is 0. The topological polar surface area (TPSA) is 29.5 Å². The van der Waals surface area contributed by atoms with E-state index in [2.05, 4.69) is 0 Å². The summed E-state index contributed by atoms with van der Waals surface area (Å²) in [4.78, 5) is 0. The standard InChI is InChI=1S/C6H8Cl2O2/c7-6(8)2-5-10-4-1-3-9/h1-2,4,9H,3,5H2. The first-order valence-corrected chi connectivity index (χ1v) is 3.41. The average Bonchev–Trinajstić information content (AvgIpc) is 1.87. The zero-order valence-electron chi connectivity index (χ0n) is 5.26. The molecule has 10 heavy (non-hydrogen) atoms. The second kappa shape index (κ2) is 6.93. The SMILES string of the molecule is OCC=COCC=C(Cl)Cl. The van der Waals surface area contributed by atoms with Gasteiger partial charge < -0.3 is 9.84 Å². The Morgan fingerprint density at radius 2 is 2.20 bits per heavy atom. The van der Waals surface area contributed by atoms with Gasteiger partial charge in [0, 0.05) is 0 Å². The van der Waals surface area contributed by atoms with Crippen molar-refractivity contribution >= 4 is 23.2 Å². The van der Waals surface area contributed by atoms with Gasteiger partial charge in [-0.05, 0) is 12.2 Å². The van der Waals surface area contributed by atoms with Crippen molar-refractivity contribution in [3.8, 4) is 0 Å². The monoisotopic (exact) mass is 182 g/mol. The van der Waals surface area contributed by atoms with Crippen molar-refractivity contribution in [2.24, 2.45) is 0 Å². The number of aliphatic hydroxyl groups excluding tert-OH is 1. The minimum atomic E-state index is -0.0294. The van der Waals surface area contributed by atoms with Gasteiger partial charge in [-0.3, -0.25) is 0 Å². The van der Waals surface area contributed by atoms with Crippen LogP contribution in [0.5, 0.6) is 0 Å². The summed E-state index contributed by atoms with van der Waals surface area (Å²) in [5.41, 5.74) is 0. The molecule has 0 aliphatic heterocycles. The van der Waals surface area contributed by atoms with Gasteiger partial charge in [-0.2, -0.15) is 0 Å². The van der Waals surface area contributed by atoms with Gasteiger partial charge in [0.25, 0.3) is 0 Å². The van der Waals surface area contributed by atoms with Gasteiger partial charge in [-0.1, -0.05) is 23.2 Å². The second-order valence-electron chi connectivity index (χ2n) is 1.38. The van der Waals surface area contributed by atoms with E-state index in [-0.39, 0.29) is 11.1 Å². The van der Waals surface area contributed by atoms with Crippen LogP contribution in [0.3, 0.4) is 0 Å². The summed E-state index contributed by atoms with van der Waals surface area (Å²) < 4.78 is 4.98. The lowest BCUT2D eigenvalue weighted by molar-refractivity contribution is 0.279. The van der Waals surface area contributed by atoms with Crippen molar-refractivity contribution in [2.75, 3.05) is 13.2 Å². The molecule has 0 saturated heterocycles. The van der Waals surface area contributed by atoms with Gasteiger partial charge in [-0.25, -0.2) is 0 Å². The van der Waals surface area contributed by atoms with E-state index in [0.29, 0.717) is 6.61 Å². The number of hydrogen-bond donors (Lipinski definition) is 1. The molecule has 0 aromatic carbocycles. The number of ether oxygens (including phenoxy) is 1. The van der Waals surface area contributed by atoms with E-state index in [1.54, 1.807) is 0 Å². The Balaban J connectivity index is 3.21. The largest absolute Gasteiger partial charge is 0.497 e. The van der Waals surface area contributed by atoms with Crippen molar-refractivity contribution in [2.45, 2.75) is 0 Å². The van der Waals surface area contributed by atoms with Gasteiger partial charge in [0.2, 0.25) is 0 Å². The smallest absolute Gasteiger partial charge is 0.108 e. The predicted octanol–water partition coefficient (Wildman–Crippen LogP) is 1.83. The molecule has 58 valence electrons. The number of halogens is 2. The molecular weight excluding hydrogens is 175 g/mol. The quantitative estimate of drug-likeness (QED) is 0.532. The number of rotatable bonds is 4. The summed E-state index contributed by atoms with van der Waals surface area (Å²) >= 11 is 10.5. The van der Waals surface area contributed by atoms with Crippen LogP contribution < -0.4 is 0 Å². The fourth-order valence-corrected chi connectivity index (χ4v) is 0.404. The lowest BCUT2D eigenvalue weighted by Gasteiger charge is -1.91. The molecule has 0 fully saturated rings. The summed E-state index contributed by atoms with van der Waals surface area (Å²) in [7, 11) is 0. The van der Waals surface area contributed by atoms with E-state index < -0.39 is 0 Å². The van der Waals surface area contributed by atoms with Gasteiger partial charge in [0.1, 0.15) is 11.1 Å². The lowest BCUT2D eigenvalue weighted by Crippen LogP contribution is -1.81. The second-order valence-corrected chi connectivity index (χ2v) is 2.39. The molecule has 0 rings (SSSR count). The molecule has 0 amide bonds. The zero-order chi connectivity index (χ0) is 7.82. The third-order valence-corrected chi connectivity index (χ3v) is 0.940. The van der Waals surface area contributed by atoms with Crippen LogP contribution in [0.25, 0.3) is 0 Å². The Bertz CT molecular complexity index is 128. The summed E-state index contributed by atoms with van der Waals surface area (Å²) in [6.07, 6.45) is 4.36. The van der Waals surface area contributed by atoms with Crippen LogP contribution >= 0.6 is 23.2 Å². The van der Waals surface area contributed by atoms with Crippen LogP contribution in [0.1, 0.15) is 0 Å². The Hall–Kier alpha value is -0.180. The first kappa shape index (κ1) is 9.82. The summed E-state index contributed by atoms with van der Waals surface area (Å²) in [5, 5.41) is 8.24. The van der Waals surface area contributed by atoms with E-state index in [4.69, 9.17) is 33.0 Å². The van der Waals surface area contributed by atoms with E-state index in [9.17, 15) is 0 Å². The Kier molecular flexibility index (Phi) is 6.81. The molecule has 0 bridgehead atoms. The molecule has 0 saturated carbocycles. The molecule has 0 atom stereocenters. The molecule has 0 aromatic heterocycles. The molecule has 0 radical (unpaired) electrons. The summed E-state index contributed by atoms with van der Waals surface area (Å²) in [6.45, 7) is 0.289. The van der Waals surface area contributed by atoms with Crippen molar-refractivity contribution in [1.29, 1.82) is 0 Å². The number of hydrogen-bond acceptors (Lipinski definition) is 2. The Morgan fingerprint density at radius 1 is 1.50 bits per heavy atom. The minimum absolute atomic E-state index is 0.0294. The lowest BCUT2D eigenvalue weighted by atomic mass is 10.6. The van der Waals surface area contributed by atoms with Crippen molar-refractivity contribution < 1.29 is 9.84 Å². The van der Waals surface area contributed by atoms with Gasteiger partial charge >= 0.3 is 0 Å². The normalized spacial score (nSPS) is 9.90.